The van der Waals surface area contributed by atoms with Gasteiger partial charge in [-0.3, -0.25) is 14.4 Å². The van der Waals surface area contributed by atoms with Crippen molar-refractivity contribution in [2.75, 3.05) is 25.6 Å². The summed E-state index contributed by atoms with van der Waals surface area (Å²) in [5, 5.41) is 5.35. The standard InChI is InChI=1S/C20H21ClN2O5/c1-12-4-5-14(8-13(12)2)20(26)22-10-19(25)28-11-18(24)23-15-6-7-17(27-3)16(21)9-15/h4-9H,10-11H2,1-3H3,(H,22,26)(H,23,24). The van der Waals surface area contributed by atoms with Gasteiger partial charge in [0.2, 0.25) is 0 Å². The molecule has 0 aliphatic carbocycles. The summed E-state index contributed by atoms with van der Waals surface area (Å²) >= 11 is 5.98. The van der Waals surface area contributed by atoms with Gasteiger partial charge in [0.1, 0.15) is 12.3 Å². The minimum absolute atomic E-state index is 0.339. The van der Waals surface area contributed by atoms with E-state index in [4.69, 9.17) is 21.1 Å². The number of ether oxygens (including phenoxy) is 2. The number of carbonyl (C=O) groups excluding carboxylic acids is 3. The highest BCUT2D eigenvalue weighted by Crippen LogP contribution is 2.27. The fourth-order valence-electron chi connectivity index (χ4n) is 2.28. The average molecular weight is 405 g/mol. The first-order valence-electron chi connectivity index (χ1n) is 8.44. The third-order valence-electron chi connectivity index (χ3n) is 3.96. The molecule has 0 aromatic heterocycles. The molecule has 0 aliphatic rings. The number of amides is 2. The SMILES string of the molecule is COc1ccc(NC(=O)COC(=O)CNC(=O)c2ccc(C)c(C)c2)cc1Cl. The molecule has 0 saturated carbocycles. The van der Waals surface area contributed by atoms with Crippen LogP contribution in [0.3, 0.4) is 0 Å². The zero-order valence-corrected chi connectivity index (χ0v) is 16.6. The van der Waals surface area contributed by atoms with Crippen LogP contribution in [0.2, 0.25) is 5.02 Å². The summed E-state index contributed by atoms with van der Waals surface area (Å²) in [5.41, 5.74) is 2.94. The summed E-state index contributed by atoms with van der Waals surface area (Å²) in [7, 11) is 1.48. The van der Waals surface area contributed by atoms with Crippen molar-refractivity contribution in [3.63, 3.8) is 0 Å². The monoisotopic (exact) mass is 404 g/mol. The van der Waals surface area contributed by atoms with Gasteiger partial charge in [0.25, 0.3) is 11.8 Å². The molecule has 0 atom stereocenters. The lowest BCUT2D eigenvalue weighted by atomic mass is 10.1. The van der Waals surface area contributed by atoms with Gasteiger partial charge in [0.05, 0.1) is 12.1 Å². The Kier molecular flexibility index (Phi) is 7.40. The minimum Gasteiger partial charge on any atom is -0.495 e. The Morgan fingerprint density at radius 1 is 1.04 bits per heavy atom. The highest BCUT2D eigenvalue weighted by atomic mass is 35.5. The van der Waals surface area contributed by atoms with Crippen molar-refractivity contribution in [2.45, 2.75) is 13.8 Å². The molecule has 2 aromatic carbocycles. The van der Waals surface area contributed by atoms with Gasteiger partial charge in [-0.1, -0.05) is 17.7 Å². The minimum atomic E-state index is -0.722. The van der Waals surface area contributed by atoms with Crippen LogP contribution < -0.4 is 15.4 Å². The highest BCUT2D eigenvalue weighted by molar-refractivity contribution is 6.32. The van der Waals surface area contributed by atoms with E-state index in [9.17, 15) is 14.4 Å². The van der Waals surface area contributed by atoms with Gasteiger partial charge in [-0.15, -0.1) is 0 Å². The number of halogens is 1. The molecule has 2 N–H and O–H groups in total. The second-order valence-electron chi connectivity index (χ2n) is 6.04. The molecular weight excluding hydrogens is 384 g/mol. The first-order chi connectivity index (χ1) is 13.3. The van der Waals surface area contributed by atoms with Crippen LogP contribution in [0.4, 0.5) is 5.69 Å². The number of carbonyl (C=O) groups is 3. The quantitative estimate of drug-likeness (QED) is 0.692. The van der Waals surface area contributed by atoms with Gasteiger partial charge in [0.15, 0.2) is 6.61 Å². The van der Waals surface area contributed by atoms with Crippen molar-refractivity contribution >= 4 is 35.1 Å². The lowest BCUT2D eigenvalue weighted by Crippen LogP contribution is -2.32. The number of anilines is 1. The highest BCUT2D eigenvalue weighted by Gasteiger charge is 2.12. The molecule has 8 heteroatoms. The van der Waals surface area contributed by atoms with E-state index in [1.165, 1.54) is 13.2 Å². The van der Waals surface area contributed by atoms with E-state index in [-0.39, 0.29) is 6.54 Å². The fraction of sp³-hybridized carbons (Fsp3) is 0.250. The molecule has 2 aromatic rings. The van der Waals surface area contributed by atoms with Gasteiger partial charge < -0.3 is 20.1 Å². The molecule has 2 amide bonds. The van der Waals surface area contributed by atoms with E-state index in [0.717, 1.165) is 11.1 Å². The van der Waals surface area contributed by atoms with Gasteiger partial charge in [-0.05, 0) is 55.3 Å². The van der Waals surface area contributed by atoms with Crippen molar-refractivity contribution in [1.29, 1.82) is 0 Å². The van der Waals surface area contributed by atoms with Gasteiger partial charge in [-0.2, -0.15) is 0 Å². The third-order valence-corrected chi connectivity index (χ3v) is 4.26. The van der Waals surface area contributed by atoms with Crippen LogP contribution in [0.1, 0.15) is 21.5 Å². The molecule has 0 spiro atoms. The van der Waals surface area contributed by atoms with E-state index in [0.29, 0.717) is 22.0 Å². The Balaban J connectivity index is 1.77. The van der Waals surface area contributed by atoms with E-state index in [1.807, 2.05) is 19.9 Å². The Hall–Kier alpha value is -3.06. The van der Waals surface area contributed by atoms with Crippen molar-refractivity contribution in [2.24, 2.45) is 0 Å². The van der Waals surface area contributed by atoms with E-state index in [1.54, 1.807) is 24.3 Å². The molecule has 0 saturated heterocycles. The number of methoxy groups -OCH3 is 1. The number of hydrogen-bond donors (Lipinski definition) is 2. The number of benzene rings is 2. The first-order valence-corrected chi connectivity index (χ1v) is 8.82. The molecule has 0 heterocycles. The molecule has 0 unspecified atom stereocenters. The van der Waals surface area contributed by atoms with Crippen molar-refractivity contribution in [1.82, 2.24) is 5.32 Å². The molecule has 0 bridgehead atoms. The van der Waals surface area contributed by atoms with Crippen molar-refractivity contribution in [3.8, 4) is 5.75 Å². The molecule has 0 radical (unpaired) electrons. The number of rotatable bonds is 7. The zero-order valence-electron chi connectivity index (χ0n) is 15.8. The Morgan fingerprint density at radius 2 is 1.79 bits per heavy atom. The van der Waals surface area contributed by atoms with Crippen LogP contribution in [0.15, 0.2) is 36.4 Å². The maximum atomic E-state index is 12.1. The summed E-state index contributed by atoms with van der Waals surface area (Å²) in [6.07, 6.45) is 0. The van der Waals surface area contributed by atoms with Crippen LogP contribution in [0.5, 0.6) is 5.75 Å². The molecular formula is C20H21ClN2O5. The van der Waals surface area contributed by atoms with Crippen molar-refractivity contribution in [3.05, 3.63) is 58.1 Å². The predicted molar refractivity (Wildman–Crippen MR) is 106 cm³/mol. The van der Waals surface area contributed by atoms with Gasteiger partial charge >= 0.3 is 5.97 Å². The van der Waals surface area contributed by atoms with Crippen LogP contribution in [0, 0.1) is 13.8 Å². The molecule has 148 valence electrons. The second kappa shape index (κ2) is 9.75. The number of aryl methyl sites for hydroxylation is 2. The van der Waals surface area contributed by atoms with E-state index in [2.05, 4.69) is 10.6 Å². The molecule has 7 nitrogen and oxygen atoms in total. The summed E-state index contributed by atoms with van der Waals surface area (Å²) < 4.78 is 9.88. The maximum absolute atomic E-state index is 12.1. The van der Waals surface area contributed by atoms with Crippen molar-refractivity contribution < 1.29 is 23.9 Å². The number of nitrogens with one attached hydrogen (secondary N) is 2. The van der Waals surface area contributed by atoms with E-state index >= 15 is 0 Å². The van der Waals surface area contributed by atoms with Crippen LogP contribution in [-0.2, 0) is 14.3 Å². The van der Waals surface area contributed by atoms with Crippen LogP contribution >= 0.6 is 11.6 Å². The topological polar surface area (TPSA) is 93.7 Å². The summed E-state index contributed by atoms with van der Waals surface area (Å²) in [4.78, 5) is 35.7. The molecule has 28 heavy (non-hydrogen) atoms. The Morgan fingerprint density at radius 3 is 2.43 bits per heavy atom. The van der Waals surface area contributed by atoms with E-state index < -0.39 is 24.4 Å². The maximum Gasteiger partial charge on any atom is 0.325 e. The number of esters is 1. The van der Waals surface area contributed by atoms with Gasteiger partial charge in [-0.25, -0.2) is 0 Å². The molecule has 0 aliphatic heterocycles. The summed E-state index contributed by atoms with van der Waals surface area (Å²) in [6.45, 7) is 3.02. The summed E-state index contributed by atoms with van der Waals surface area (Å²) in [5.74, 6) is -1.17. The average Bonchev–Trinajstić information content (AvgIpc) is 2.66. The molecule has 2 rings (SSSR count). The van der Waals surface area contributed by atoms with Gasteiger partial charge in [0, 0.05) is 11.3 Å². The normalized spacial score (nSPS) is 10.1. The fourth-order valence-corrected chi connectivity index (χ4v) is 2.53. The molecule has 0 fully saturated rings. The number of hydrogen-bond acceptors (Lipinski definition) is 5. The Labute approximate surface area is 168 Å². The third kappa shape index (κ3) is 5.99. The predicted octanol–water partition coefficient (Wildman–Crippen LogP) is 2.88. The largest absolute Gasteiger partial charge is 0.495 e. The lowest BCUT2D eigenvalue weighted by molar-refractivity contribution is -0.146. The summed E-state index contributed by atoms with van der Waals surface area (Å²) in [6, 6.07) is 9.97. The Bertz CT molecular complexity index is 898. The lowest BCUT2D eigenvalue weighted by Gasteiger charge is -2.09. The first kappa shape index (κ1) is 21.2. The zero-order chi connectivity index (χ0) is 20.7. The van der Waals surface area contributed by atoms with Crippen LogP contribution in [0.25, 0.3) is 0 Å². The smallest absolute Gasteiger partial charge is 0.325 e. The second-order valence-corrected chi connectivity index (χ2v) is 6.45. The van der Waals surface area contributed by atoms with Crippen LogP contribution in [-0.4, -0.2) is 38.0 Å².